The van der Waals surface area contributed by atoms with Gasteiger partial charge in [-0.1, -0.05) is 233 Å². The highest BCUT2D eigenvalue weighted by molar-refractivity contribution is 5.96. The lowest BCUT2D eigenvalue weighted by Gasteiger charge is -2.36. The third kappa shape index (κ3) is 7.76. The van der Waals surface area contributed by atoms with Crippen LogP contribution in [0.3, 0.4) is 0 Å². The summed E-state index contributed by atoms with van der Waals surface area (Å²) in [4.78, 5) is 4.80. The van der Waals surface area contributed by atoms with E-state index in [1.807, 2.05) is 0 Å². The molecule has 1 spiro atoms. The molecule has 2 nitrogen and oxygen atoms in total. The van der Waals surface area contributed by atoms with Crippen molar-refractivity contribution in [2.24, 2.45) is 11.3 Å². The molecule has 1 fully saturated rings. The third-order valence-electron chi connectivity index (χ3n) is 17.7. The molecule has 0 aliphatic heterocycles. The van der Waals surface area contributed by atoms with Gasteiger partial charge >= 0.3 is 0 Å². The first kappa shape index (κ1) is 48.2. The minimum absolute atomic E-state index is 0.176. The predicted octanol–water partition coefficient (Wildman–Crippen LogP) is 20.5. The maximum Gasteiger partial charge on any atom is 0.0543 e. The summed E-state index contributed by atoms with van der Waals surface area (Å²) < 4.78 is 0. The molecule has 0 heterocycles. The molecule has 0 radical (unpaired) electrons. The van der Waals surface area contributed by atoms with E-state index in [1.54, 1.807) is 0 Å². The Morgan fingerprint density at radius 3 is 1.58 bits per heavy atom. The molecular weight excluding hydrogens is 953 g/mol. The molecule has 9 aromatic carbocycles. The van der Waals surface area contributed by atoms with Crippen LogP contribution < -0.4 is 9.80 Å². The molecule has 0 saturated heterocycles. The molecule has 1 saturated carbocycles. The summed E-state index contributed by atoms with van der Waals surface area (Å²) in [5, 5.41) is 0. The van der Waals surface area contributed by atoms with Gasteiger partial charge in [0.25, 0.3) is 0 Å². The molecule has 2 heteroatoms. The Labute approximate surface area is 466 Å². The molecule has 14 rings (SSSR count). The first-order valence-electron chi connectivity index (χ1n) is 28.1. The van der Waals surface area contributed by atoms with E-state index in [-0.39, 0.29) is 16.7 Å². The van der Waals surface area contributed by atoms with Gasteiger partial charge in [-0.05, 0) is 164 Å². The van der Waals surface area contributed by atoms with Gasteiger partial charge in [-0.3, -0.25) is 0 Å². The van der Waals surface area contributed by atoms with Gasteiger partial charge < -0.3 is 9.80 Å². The second-order valence-corrected chi connectivity index (χ2v) is 22.2. The Morgan fingerprint density at radius 2 is 0.987 bits per heavy atom. The minimum Gasteiger partial charge on any atom is -0.311 e. The van der Waals surface area contributed by atoms with E-state index in [9.17, 15) is 0 Å². The van der Waals surface area contributed by atoms with Gasteiger partial charge in [0.15, 0.2) is 0 Å². The van der Waals surface area contributed by atoms with E-state index in [2.05, 4.69) is 304 Å². The van der Waals surface area contributed by atoms with Crippen molar-refractivity contribution in [3.8, 4) is 44.5 Å². The van der Waals surface area contributed by atoms with Crippen LogP contribution in [0.25, 0.3) is 44.5 Å². The van der Waals surface area contributed by atoms with Crippen LogP contribution in [-0.4, -0.2) is 0 Å². The van der Waals surface area contributed by atoms with E-state index in [0.29, 0.717) is 5.92 Å². The fourth-order valence-corrected chi connectivity index (χ4v) is 14.2. The summed E-state index contributed by atoms with van der Waals surface area (Å²) in [6.45, 7) is 12.0. The van der Waals surface area contributed by atoms with Gasteiger partial charge in [0.05, 0.1) is 11.1 Å². The summed E-state index contributed by atoms with van der Waals surface area (Å²) in [6.07, 6.45) is 21.2. The fourth-order valence-electron chi connectivity index (χ4n) is 14.2. The molecule has 79 heavy (non-hydrogen) atoms. The van der Waals surface area contributed by atoms with Gasteiger partial charge in [0, 0.05) is 51.3 Å². The zero-order valence-corrected chi connectivity index (χ0v) is 45.2. The van der Waals surface area contributed by atoms with Crippen molar-refractivity contribution in [2.45, 2.75) is 44.9 Å². The first-order valence-corrected chi connectivity index (χ1v) is 28.1. The lowest BCUT2D eigenvalue weighted by Crippen LogP contribution is -2.33. The second-order valence-electron chi connectivity index (χ2n) is 22.2. The van der Waals surface area contributed by atoms with Crippen molar-refractivity contribution in [1.82, 2.24) is 0 Å². The standard InChI is InChI=1S/C77H62N2/c1-5-63-64-25-12-16-29-68(64)76(3,4)73(63)51-52(2)78(74-34-20-33-72-75(74)67-28-15-19-32-71(67)77(72)69-30-17-13-26-65(69)66-27-14-18-31-70(66)77)59-43-35-57(36-44-59)58-41-49-62(50-42-58)79(60-45-37-55(38-46-60)53-21-8-6-9-22-53)61-47-39-56(40-48-61)54-23-10-7-11-24-54/h5-11,13-15,17-51,65,69H,2,12,16H2,1,3-4H3/b63-5-,73-51+. The maximum absolute atomic E-state index is 5.05. The number of allylic oxidation sites excluding steroid dienone is 12. The van der Waals surface area contributed by atoms with Crippen LogP contribution in [0.2, 0.25) is 0 Å². The smallest absolute Gasteiger partial charge is 0.0543 e. The molecule has 5 aliphatic carbocycles. The van der Waals surface area contributed by atoms with Crippen molar-refractivity contribution in [3.63, 3.8) is 0 Å². The average molecular weight is 1020 g/mol. The SMILES string of the molecule is C=C(/C=C1\C(=C/C)C2=CCCC=C2C1(C)C)N(c1ccc(-c2ccc(N(c3ccc(-c4ccccc4)cc3)c3ccc(-c4ccccc4)cc3)cc2)cc1)c1cccc2c1-c1ccccc1C21c2ccccc2C2C=CC=CC21. The van der Waals surface area contributed by atoms with E-state index in [1.165, 1.54) is 77.9 Å². The van der Waals surface area contributed by atoms with Gasteiger partial charge in [0.1, 0.15) is 0 Å². The topological polar surface area (TPSA) is 6.48 Å². The van der Waals surface area contributed by atoms with Crippen LogP contribution in [-0.2, 0) is 5.41 Å². The Hall–Kier alpha value is -9.24. The van der Waals surface area contributed by atoms with Crippen LogP contribution in [0.1, 0.15) is 61.8 Å². The van der Waals surface area contributed by atoms with E-state index >= 15 is 0 Å². The zero-order chi connectivity index (χ0) is 53.2. The summed E-state index contributed by atoms with van der Waals surface area (Å²) in [6, 6.07) is 82.7. The molecule has 5 aliphatic rings. The van der Waals surface area contributed by atoms with Crippen molar-refractivity contribution in [2.75, 3.05) is 9.80 Å². The maximum atomic E-state index is 5.05. The summed E-state index contributed by atoms with van der Waals surface area (Å²) in [5.41, 5.74) is 26.6. The molecule has 0 bridgehead atoms. The molecule has 9 aromatic rings. The Balaban J connectivity index is 0.869. The van der Waals surface area contributed by atoms with Crippen LogP contribution >= 0.6 is 0 Å². The molecule has 0 N–H and O–H groups in total. The summed E-state index contributed by atoms with van der Waals surface area (Å²) in [5.74, 6) is 0.532. The van der Waals surface area contributed by atoms with Crippen LogP contribution in [0.4, 0.5) is 28.4 Å². The minimum atomic E-state index is -0.348. The highest BCUT2D eigenvalue weighted by Crippen LogP contribution is 2.67. The second kappa shape index (κ2) is 19.3. The normalized spacial score (nSPS) is 19.8. The van der Waals surface area contributed by atoms with Crippen LogP contribution in [0, 0.1) is 11.3 Å². The number of anilines is 5. The van der Waals surface area contributed by atoms with Gasteiger partial charge in [-0.2, -0.15) is 0 Å². The lowest BCUT2D eigenvalue weighted by atomic mass is 9.65. The number of hydrogen-bond acceptors (Lipinski definition) is 2. The molecular formula is C77H62N2. The predicted molar refractivity (Wildman–Crippen MR) is 332 cm³/mol. The van der Waals surface area contributed by atoms with E-state index in [0.717, 1.165) is 58.1 Å². The Morgan fingerprint density at radius 1 is 0.494 bits per heavy atom. The fraction of sp³-hybridized carbons (Fsp3) is 0.117. The molecule has 3 unspecified atom stereocenters. The van der Waals surface area contributed by atoms with Gasteiger partial charge in [-0.25, -0.2) is 0 Å². The van der Waals surface area contributed by atoms with Crippen molar-refractivity contribution in [3.05, 3.63) is 330 Å². The largest absolute Gasteiger partial charge is 0.311 e. The Kier molecular flexibility index (Phi) is 11.8. The highest BCUT2D eigenvalue weighted by atomic mass is 15.2. The van der Waals surface area contributed by atoms with Gasteiger partial charge in [-0.15, -0.1) is 0 Å². The number of nitrogens with zero attached hydrogens (tertiary/aromatic N) is 2. The number of fused-ring (bicyclic) bond motifs is 11. The monoisotopic (exact) mass is 1010 g/mol. The van der Waals surface area contributed by atoms with Crippen molar-refractivity contribution in [1.29, 1.82) is 0 Å². The van der Waals surface area contributed by atoms with E-state index < -0.39 is 0 Å². The van der Waals surface area contributed by atoms with Crippen molar-refractivity contribution >= 4 is 28.4 Å². The summed E-state index contributed by atoms with van der Waals surface area (Å²) >= 11 is 0. The quantitative estimate of drug-likeness (QED) is 0.135. The molecule has 3 atom stereocenters. The first-order chi connectivity index (χ1) is 38.8. The summed E-state index contributed by atoms with van der Waals surface area (Å²) in [7, 11) is 0. The third-order valence-corrected chi connectivity index (χ3v) is 17.7. The van der Waals surface area contributed by atoms with Crippen LogP contribution in [0.15, 0.2) is 308 Å². The zero-order valence-electron chi connectivity index (χ0n) is 45.2. The number of rotatable bonds is 10. The Bertz CT molecular complexity index is 3950. The highest BCUT2D eigenvalue weighted by Gasteiger charge is 2.57. The number of benzene rings is 9. The molecule has 0 amide bonds. The molecule has 0 aromatic heterocycles. The number of hydrogen-bond donors (Lipinski definition) is 0. The van der Waals surface area contributed by atoms with Crippen LogP contribution in [0.5, 0.6) is 0 Å². The lowest BCUT2D eigenvalue weighted by molar-refractivity contribution is 0.465. The average Bonchev–Trinajstić information content (AvgIpc) is 2.31. The molecule has 380 valence electrons. The van der Waals surface area contributed by atoms with Crippen molar-refractivity contribution < 1.29 is 0 Å². The van der Waals surface area contributed by atoms with Gasteiger partial charge in [0.2, 0.25) is 0 Å². The van der Waals surface area contributed by atoms with E-state index in [4.69, 9.17) is 6.58 Å².